The van der Waals surface area contributed by atoms with E-state index in [1.165, 1.54) is 0 Å². The number of pyridine rings is 1. The highest BCUT2D eigenvalue weighted by Crippen LogP contribution is 2.08. The van der Waals surface area contributed by atoms with Crippen molar-refractivity contribution in [1.29, 1.82) is 0 Å². The van der Waals surface area contributed by atoms with Crippen molar-refractivity contribution in [3.8, 4) is 0 Å². The standard InChI is InChI=1S/C15H13ClN4O/c16-9-11-4-3-5-12(8-11)15(21)17-10-14-19-18-13-6-1-2-7-20(13)14/h1-8H,9-10H2,(H,17,21). The predicted molar refractivity (Wildman–Crippen MR) is 80.2 cm³/mol. The number of nitrogens with zero attached hydrogens (tertiary/aromatic N) is 3. The van der Waals surface area contributed by atoms with E-state index >= 15 is 0 Å². The van der Waals surface area contributed by atoms with E-state index < -0.39 is 0 Å². The minimum atomic E-state index is -0.158. The molecule has 0 unspecified atom stereocenters. The first-order chi connectivity index (χ1) is 10.3. The van der Waals surface area contributed by atoms with Crippen molar-refractivity contribution in [2.24, 2.45) is 0 Å². The predicted octanol–water partition coefficient (Wildman–Crippen LogP) is 2.40. The van der Waals surface area contributed by atoms with Gasteiger partial charge < -0.3 is 5.32 Å². The van der Waals surface area contributed by atoms with Gasteiger partial charge in [-0.3, -0.25) is 9.20 Å². The van der Waals surface area contributed by atoms with E-state index in [4.69, 9.17) is 11.6 Å². The highest BCUT2D eigenvalue weighted by molar-refractivity contribution is 6.17. The molecule has 0 atom stereocenters. The molecule has 0 bridgehead atoms. The third-order valence-corrected chi connectivity index (χ3v) is 3.44. The lowest BCUT2D eigenvalue weighted by molar-refractivity contribution is 0.0949. The van der Waals surface area contributed by atoms with Crippen LogP contribution in [0.2, 0.25) is 0 Å². The van der Waals surface area contributed by atoms with Crippen molar-refractivity contribution >= 4 is 23.2 Å². The molecular formula is C15H13ClN4O. The molecule has 0 spiro atoms. The summed E-state index contributed by atoms with van der Waals surface area (Å²) in [7, 11) is 0. The van der Waals surface area contributed by atoms with Crippen LogP contribution in [0.3, 0.4) is 0 Å². The molecular weight excluding hydrogens is 288 g/mol. The highest BCUT2D eigenvalue weighted by Gasteiger charge is 2.09. The SMILES string of the molecule is O=C(NCc1nnc2ccccn12)c1cccc(CCl)c1. The Bertz CT molecular complexity index is 784. The molecule has 0 fully saturated rings. The fourth-order valence-electron chi connectivity index (χ4n) is 2.07. The zero-order chi connectivity index (χ0) is 14.7. The Morgan fingerprint density at radius 1 is 1.19 bits per heavy atom. The van der Waals surface area contributed by atoms with Crippen LogP contribution in [0.5, 0.6) is 0 Å². The first kappa shape index (κ1) is 13.6. The quantitative estimate of drug-likeness (QED) is 0.753. The summed E-state index contributed by atoms with van der Waals surface area (Å²) in [6, 6.07) is 12.9. The third-order valence-electron chi connectivity index (χ3n) is 3.13. The zero-order valence-corrected chi connectivity index (χ0v) is 11.9. The zero-order valence-electron chi connectivity index (χ0n) is 11.2. The first-order valence-corrected chi connectivity index (χ1v) is 7.03. The molecule has 0 radical (unpaired) electrons. The summed E-state index contributed by atoms with van der Waals surface area (Å²) in [5.74, 6) is 0.915. The fraction of sp³-hybridized carbons (Fsp3) is 0.133. The van der Waals surface area contributed by atoms with Crippen molar-refractivity contribution in [2.75, 3.05) is 0 Å². The van der Waals surface area contributed by atoms with E-state index in [9.17, 15) is 4.79 Å². The second kappa shape index (κ2) is 5.93. The second-order valence-electron chi connectivity index (χ2n) is 4.56. The van der Waals surface area contributed by atoms with E-state index in [1.54, 1.807) is 12.1 Å². The summed E-state index contributed by atoms with van der Waals surface area (Å²) >= 11 is 5.77. The Kier molecular flexibility index (Phi) is 3.83. The number of carbonyl (C=O) groups is 1. The van der Waals surface area contributed by atoms with Crippen LogP contribution in [-0.2, 0) is 12.4 Å². The van der Waals surface area contributed by atoms with Crippen molar-refractivity contribution in [1.82, 2.24) is 19.9 Å². The highest BCUT2D eigenvalue weighted by atomic mass is 35.5. The number of aromatic nitrogens is 3. The lowest BCUT2D eigenvalue weighted by Gasteiger charge is -2.05. The van der Waals surface area contributed by atoms with Crippen LogP contribution in [0.15, 0.2) is 48.7 Å². The van der Waals surface area contributed by atoms with Crippen LogP contribution in [0.1, 0.15) is 21.7 Å². The van der Waals surface area contributed by atoms with Crippen LogP contribution in [0, 0.1) is 0 Å². The molecule has 1 amide bonds. The molecule has 106 valence electrons. The number of hydrogen-bond acceptors (Lipinski definition) is 3. The topological polar surface area (TPSA) is 59.3 Å². The molecule has 0 saturated carbocycles. The average Bonchev–Trinajstić information content (AvgIpc) is 2.96. The molecule has 0 aliphatic rings. The van der Waals surface area contributed by atoms with Gasteiger partial charge in [-0.05, 0) is 29.8 Å². The maximum Gasteiger partial charge on any atom is 0.251 e. The molecule has 6 heteroatoms. The van der Waals surface area contributed by atoms with Gasteiger partial charge >= 0.3 is 0 Å². The van der Waals surface area contributed by atoms with Crippen LogP contribution in [0.4, 0.5) is 0 Å². The molecule has 21 heavy (non-hydrogen) atoms. The summed E-state index contributed by atoms with van der Waals surface area (Å²) in [5, 5.41) is 11.0. The van der Waals surface area contributed by atoms with Gasteiger partial charge in [0.05, 0.1) is 6.54 Å². The lowest BCUT2D eigenvalue weighted by Crippen LogP contribution is -2.24. The fourth-order valence-corrected chi connectivity index (χ4v) is 2.23. The molecule has 0 aliphatic heterocycles. The van der Waals surface area contributed by atoms with Gasteiger partial charge in [0.15, 0.2) is 11.5 Å². The molecule has 5 nitrogen and oxygen atoms in total. The first-order valence-electron chi connectivity index (χ1n) is 6.49. The van der Waals surface area contributed by atoms with Crippen molar-refractivity contribution in [2.45, 2.75) is 12.4 Å². The summed E-state index contributed by atoms with van der Waals surface area (Å²) in [5.41, 5.74) is 2.25. The molecule has 2 aromatic heterocycles. The monoisotopic (exact) mass is 300 g/mol. The Balaban J connectivity index is 1.73. The number of carbonyl (C=O) groups excluding carboxylic acids is 1. The normalized spacial score (nSPS) is 10.7. The number of halogens is 1. The number of fused-ring (bicyclic) bond motifs is 1. The van der Waals surface area contributed by atoms with Crippen LogP contribution < -0.4 is 5.32 Å². The lowest BCUT2D eigenvalue weighted by atomic mass is 10.1. The van der Waals surface area contributed by atoms with Crippen molar-refractivity contribution < 1.29 is 4.79 Å². The maximum absolute atomic E-state index is 12.1. The molecule has 2 heterocycles. The molecule has 1 N–H and O–H groups in total. The Hall–Kier alpha value is -2.40. The number of alkyl halides is 1. The van der Waals surface area contributed by atoms with Gasteiger partial charge in [-0.15, -0.1) is 21.8 Å². The number of benzene rings is 1. The van der Waals surface area contributed by atoms with Gasteiger partial charge in [0.25, 0.3) is 5.91 Å². The van der Waals surface area contributed by atoms with Gasteiger partial charge in [-0.2, -0.15) is 0 Å². The van der Waals surface area contributed by atoms with Crippen LogP contribution >= 0.6 is 11.6 Å². The summed E-state index contributed by atoms with van der Waals surface area (Å²) in [6.07, 6.45) is 1.87. The third kappa shape index (κ3) is 2.87. The van der Waals surface area contributed by atoms with Crippen LogP contribution in [0.25, 0.3) is 5.65 Å². The summed E-state index contributed by atoms with van der Waals surface area (Å²) in [6.45, 7) is 0.315. The largest absolute Gasteiger partial charge is 0.345 e. The van der Waals surface area contributed by atoms with Crippen molar-refractivity contribution in [3.63, 3.8) is 0 Å². The number of rotatable bonds is 4. The van der Waals surface area contributed by atoms with E-state index in [0.29, 0.717) is 23.8 Å². The molecule has 3 rings (SSSR count). The van der Waals surface area contributed by atoms with E-state index in [0.717, 1.165) is 11.2 Å². The minimum Gasteiger partial charge on any atom is -0.345 e. The van der Waals surface area contributed by atoms with E-state index in [2.05, 4.69) is 15.5 Å². The molecule has 1 aromatic carbocycles. The second-order valence-corrected chi connectivity index (χ2v) is 4.83. The molecule has 0 saturated heterocycles. The van der Waals surface area contributed by atoms with Gasteiger partial charge in [0.2, 0.25) is 0 Å². The van der Waals surface area contributed by atoms with Crippen molar-refractivity contribution in [3.05, 3.63) is 65.6 Å². The van der Waals surface area contributed by atoms with Gasteiger partial charge in [0, 0.05) is 17.6 Å². The van der Waals surface area contributed by atoms with Gasteiger partial charge in [-0.1, -0.05) is 18.2 Å². The Morgan fingerprint density at radius 3 is 2.95 bits per heavy atom. The summed E-state index contributed by atoms with van der Waals surface area (Å²) < 4.78 is 1.84. The molecule has 0 aliphatic carbocycles. The summed E-state index contributed by atoms with van der Waals surface area (Å²) in [4.78, 5) is 12.1. The van der Waals surface area contributed by atoms with Crippen LogP contribution in [-0.4, -0.2) is 20.5 Å². The number of nitrogens with one attached hydrogen (secondary N) is 1. The number of hydrogen-bond donors (Lipinski definition) is 1. The average molecular weight is 301 g/mol. The van der Waals surface area contributed by atoms with E-state index in [-0.39, 0.29) is 5.91 Å². The van der Waals surface area contributed by atoms with Gasteiger partial charge in [-0.25, -0.2) is 0 Å². The van der Waals surface area contributed by atoms with Gasteiger partial charge in [0.1, 0.15) is 0 Å². The number of amides is 1. The van der Waals surface area contributed by atoms with E-state index in [1.807, 2.05) is 40.9 Å². The molecule has 3 aromatic rings. The smallest absolute Gasteiger partial charge is 0.251 e. The Morgan fingerprint density at radius 2 is 2.10 bits per heavy atom. The Labute approximate surface area is 126 Å². The maximum atomic E-state index is 12.1. The minimum absolute atomic E-state index is 0.158.